The Morgan fingerprint density at radius 2 is 1.83 bits per heavy atom. The third kappa shape index (κ3) is 3.47. The van der Waals surface area contributed by atoms with Crippen molar-refractivity contribution in [3.8, 4) is 0 Å². The molecule has 2 aromatic rings. The number of ether oxygens (including phenoxy) is 1. The molecule has 0 aliphatic carbocycles. The number of morpholine rings is 1. The minimum atomic E-state index is -4.42. The van der Waals surface area contributed by atoms with E-state index in [1.165, 1.54) is 12.3 Å². The molecule has 2 heterocycles. The van der Waals surface area contributed by atoms with E-state index >= 15 is 0 Å². The van der Waals surface area contributed by atoms with Crippen molar-refractivity contribution in [2.75, 3.05) is 18.0 Å². The number of aromatic nitrogens is 1. The summed E-state index contributed by atoms with van der Waals surface area (Å²) in [7, 11) is 0. The molecule has 2 atom stereocenters. The van der Waals surface area contributed by atoms with Gasteiger partial charge >= 0.3 is 6.18 Å². The van der Waals surface area contributed by atoms with Gasteiger partial charge < -0.3 is 9.64 Å². The van der Waals surface area contributed by atoms with Gasteiger partial charge in [-0.1, -0.05) is 30.3 Å². The molecule has 0 amide bonds. The van der Waals surface area contributed by atoms with Crippen molar-refractivity contribution in [2.45, 2.75) is 25.3 Å². The Morgan fingerprint density at radius 3 is 2.52 bits per heavy atom. The first-order valence-electron chi connectivity index (χ1n) is 7.42. The van der Waals surface area contributed by atoms with Gasteiger partial charge in [0.2, 0.25) is 0 Å². The summed E-state index contributed by atoms with van der Waals surface area (Å²) in [6.45, 7) is 2.58. The van der Waals surface area contributed by atoms with Crippen LogP contribution in [-0.4, -0.2) is 24.2 Å². The van der Waals surface area contributed by atoms with E-state index in [1.54, 1.807) is 4.90 Å². The lowest BCUT2D eigenvalue weighted by molar-refractivity contribution is -0.137. The SMILES string of the molecule is CC1CN(c2ncccc2C(F)(F)F)CC(c2ccccc2)O1. The average molecular weight is 322 g/mol. The number of anilines is 1. The predicted octanol–water partition coefficient (Wildman–Crippen LogP) is 4.07. The first kappa shape index (κ1) is 15.8. The zero-order valence-electron chi connectivity index (χ0n) is 12.6. The molecule has 6 heteroatoms. The number of benzene rings is 1. The molecule has 0 saturated carbocycles. The molecule has 0 spiro atoms. The van der Waals surface area contributed by atoms with Crippen LogP contribution in [0, 0.1) is 0 Å². The minimum Gasteiger partial charge on any atom is -0.367 e. The highest BCUT2D eigenvalue weighted by molar-refractivity contribution is 5.49. The van der Waals surface area contributed by atoms with Crippen LogP contribution < -0.4 is 4.90 Å². The number of hydrogen-bond donors (Lipinski definition) is 0. The Bertz CT molecular complexity index is 660. The highest BCUT2D eigenvalue weighted by Crippen LogP contribution is 2.37. The van der Waals surface area contributed by atoms with Crippen LogP contribution >= 0.6 is 0 Å². The van der Waals surface area contributed by atoms with Crippen LogP contribution in [0.15, 0.2) is 48.7 Å². The smallest absolute Gasteiger partial charge is 0.367 e. The molecule has 1 fully saturated rings. The molecule has 3 rings (SSSR count). The van der Waals surface area contributed by atoms with Crippen LogP contribution in [0.2, 0.25) is 0 Å². The lowest BCUT2D eigenvalue weighted by Crippen LogP contribution is -2.44. The summed E-state index contributed by atoms with van der Waals surface area (Å²) in [5.41, 5.74) is 0.245. The fraction of sp³-hybridized carbons (Fsp3) is 0.353. The highest BCUT2D eigenvalue weighted by Gasteiger charge is 2.37. The molecule has 0 radical (unpaired) electrons. The predicted molar refractivity (Wildman–Crippen MR) is 81.2 cm³/mol. The van der Waals surface area contributed by atoms with E-state index in [2.05, 4.69) is 4.98 Å². The molecule has 0 N–H and O–H groups in total. The maximum absolute atomic E-state index is 13.2. The van der Waals surface area contributed by atoms with Gasteiger partial charge in [-0.2, -0.15) is 13.2 Å². The van der Waals surface area contributed by atoms with E-state index in [-0.39, 0.29) is 18.0 Å². The minimum absolute atomic E-state index is 0.0314. The zero-order chi connectivity index (χ0) is 16.4. The van der Waals surface area contributed by atoms with Crippen molar-refractivity contribution in [3.05, 3.63) is 59.8 Å². The number of rotatable bonds is 2. The van der Waals surface area contributed by atoms with Crippen molar-refractivity contribution in [1.29, 1.82) is 0 Å². The highest BCUT2D eigenvalue weighted by atomic mass is 19.4. The van der Waals surface area contributed by atoms with Crippen LogP contribution in [0.5, 0.6) is 0 Å². The molecule has 1 saturated heterocycles. The van der Waals surface area contributed by atoms with Gasteiger partial charge in [-0.25, -0.2) is 4.98 Å². The van der Waals surface area contributed by atoms with Gasteiger partial charge in [-0.15, -0.1) is 0 Å². The van der Waals surface area contributed by atoms with E-state index in [0.717, 1.165) is 11.6 Å². The lowest BCUT2D eigenvalue weighted by Gasteiger charge is -2.38. The fourth-order valence-electron chi connectivity index (χ4n) is 2.85. The monoisotopic (exact) mass is 322 g/mol. The van der Waals surface area contributed by atoms with Crippen LogP contribution in [-0.2, 0) is 10.9 Å². The summed E-state index contributed by atoms with van der Waals surface area (Å²) >= 11 is 0. The van der Waals surface area contributed by atoms with Gasteiger partial charge in [-0.05, 0) is 24.6 Å². The van der Waals surface area contributed by atoms with Gasteiger partial charge in [0.15, 0.2) is 0 Å². The molecule has 1 aromatic heterocycles. The standard InChI is InChI=1S/C17H17F3N2O/c1-12-10-22(11-15(23-12)13-6-3-2-4-7-13)16-14(17(18,19)20)8-5-9-21-16/h2-9,12,15H,10-11H2,1H3. The van der Waals surface area contributed by atoms with Crippen LogP contribution in [0.3, 0.4) is 0 Å². The quantitative estimate of drug-likeness (QED) is 0.833. The van der Waals surface area contributed by atoms with Crippen LogP contribution in [0.4, 0.5) is 19.0 Å². The molecule has 23 heavy (non-hydrogen) atoms. The van der Waals surface area contributed by atoms with E-state index in [0.29, 0.717) is 13.1 Å². The average Bonchev–Trinajstić information content (AvgIpc) is 2.54. The van der Waals surface area contributed by atoms with Gasteiger partial charge in [0, 0.05) is 19.3 Å². The summed E-state index contributed by atoms with van der Waals surface area (Å²) in [6, 6.07) is 11.9. The molecule has 1 aliphatic heterocycles. The number of halogens is 3. The number of hydrogen-bond acceptors (Lipinski definition) is 3. The molecule has 3 nitrogen and oxygen atoms in total. The third-order valence-corrected chi connectivity index (χ3v) is 3.82. The van der Waals surface area contributed by atoms with Gasteiger partial charge in [0.1, 0.15) is 11.9 Å². The molecular formula is C17H17F3N2O. The van der Waals surface area contributed by atoms with Crippen molar-refractivity contribution in [2.24, 2.45) is 0 Å². The summed E-state index contributed by atoms with van der Waals surface area (Å²) in [6.07, 6.45) is -3.49. The van der Waals surface area contributed by atoms with Crippen molar-refractivity contribution < 1.29 is 17.9 Å². The van der Waals surface area contributed by atoms with E-state index in [1.807, 2.05) is 37.3 Å². The normalized spacial score (nSPS) is 22.2. The molecule has 1 aromatic carbocycles. The van der Waals surface area contributed by atoms with Crippen molar-refractivity contribution >= 4 is 5.82 Å². The molecule has 2 unspecified atom stereocenters. The first-order chi connectivity index (χ1) is 10.9. The molecule has 1 aliphatic rings. The number of nitrogens with zero attached hydrogens (tertiary/aromatic N) is 2. The molecular weight excluding hydrogens is 305 g/mol. The summed E-state index contributed by atoms with van der Waals surface area (Å²) < 4.78 is 45.6. The maximum atomic E-state index is 13.2. The topological polar surface area (TPSA) is 25.4 Å². The first-order valence-corrected chi connectivity index (χ1v) is 7.42. The Kier molecular flexibility index (Phi) is 4.26. The van der Waals surface area contributed by atoms with Gasteiger partial charge in [0.05, 0.1) is 11.7 Å². The third-order valence-electron chi connectivity index (χ3n) is 3.82. The number of pyridine rings is 1. The second-order valence-electron chi connectivity index (χ2n) is 5.62. The fourth-order valence-corrected chi connectivity index (χ4v) is 2.85. The summed E-state index contributed by atoms with van der Waals surface area (Å²) in [5.74, 6) is -0.0314. The van der Waals surface area contributed by atoms with Gasteiger partial charge in [-0.3, -0.25) is 0 Å². The lowest BCUT2D eigenvalue weighted by atomic mass is 10.1. The summed E-state index contributed by atoms with van der Waals surface area (Å²) in [5, 5.41) is 0. The van der Waals surface area contributed by atoms with Crippen LogP contribution in [0.1, 0.15) is 24.2 Å². The van der Waals surface area contributed by atoms with E-state index in [9.17, 15) is 13.2 Å². The van der Waals surface area contributed by atoms with Crippen LogP contribution in [0.25, 0.3) is 0 Å². The number of alkyl halides is 3. The largest absolute Gasteiger partial charge is 0.419 e. The van der Waals surface area contributed by atoms with Crippen molar-refractivity contribution in [3.63, 3.8) is 0 Å². The Balaban J connectivity index is 1.92. The van der Waals surface area contributed by atoms with E-state index < -0.39 is 11.7 Å². The molecule has 122 valence electrons. The second kappa shape index (κ2) is 6.20. The van der Waals surface area contributed by atoms with E-state index in [4.69, 9.17) is 4.74 Å². The molecule has 0 bridgehead atoms. The Hall–Kier alpha value is -2.08. The Morgan fingerprint density at radius 1 is 1.09 bits per heavy atom. The second-order valence-corrected chi connectivity index (χ2v) is 5.62. The maximum Gasteiger partial charge on any atom is 0.419 e. The zero-order valence-corrected chi connectivity index (χ0v) is 12.6. The van der Waals surface area contributed by atoms with Gasteiger partial charge in [0.25, 0.3) is 0 Å². The summed E-state index contributed by atoms with van der Waals surface area (Å²) in [4.78, 5) is 5.64. The Labute approximate surface area is 132 Å². The van der Waals surface area contributed by atoms with Crippen molar-refractivity contribution in [1.82, 2.24) is 4.98 Å².